The number of nitrogens with one attached hydrogen (secondary N) is 2. The van der Waals surface area contributed by atoms with Gasteiger partial charge in [0, 0.05) is 44.0 Å². The highest BCUT2D eigenvalue weighted by molar-refractivity contribution is 14.0. The van der Waals surface area contributed by atoms with Gasteiger partial charge in [-0.25, -0.2) is 0 Å². The lowest BCUT2D eigenvalue weighted by Gasteiger charge is -2.26. The lowest BCUT2D eigenvalue weighted by Crippen LogP contribution is -2.42. The van der Waals surface area contributed by atoms with Crippen LogP contribution in [0.1, 0.15) is 25.0 Å². The van der Waals surface area contributed by atoms with Crippen molar-refractivity contribution in [3.8, 4) is 0 Å². The minimum absolute atomic E-state index is 0. The Bertz CT molecular complexity index is 696. The standard InChI is InChI=1S/C18H26ClN5.HI/c1-18(2,9-14-6-5-7-16(19)8-14)13-22-17(20-3)21-10-15-11-23-24(4)12-15;/h5-8,11-12H,9-10,13H2,1-4H3,(H2,20,21,22);1H. The molecule has 2 rings (SSSR count). The molecular formula is C18H27ClIN5. The second kappa shape index (κ2) is 10.0. The van der Waals surface area contributed by atoms with Crippen molar-refractivity contribution < 1.29 is 0 Å². The van der Waals surface area contributed by atoms with E-state index in [2.05, 4.69) is 40.6 Å². The van der Waals surface area contributed by atoms with Crippen LogP contribution in [0.5, 0.6) is 0 Å². The highest BCUT2D eigenvalue weighted by Gasteiger charge is 2.19. The number of halogens is 2. The fourth-order valence-electron chi connectivity index (χ4n) is 2.55. The lowest BCUT2D eigenvalue weighted by atomic mass is 9.86. The van der Waals surface area contributed by atoms with Gasteiger partial charge in [-0.1, -0.05) is 37.6 Å². The molecule has 0 aliphatic heterocycles. The predicted molar refractivity (Wildman–Crippen MR) is 116 cm³/mol. The first-order chi connectivity index (χ1) is 11.4. The van der Waals surface area contributed by atoms with Crippen molar-refractivity contribution in [1.29, 1.82) is 0 Å². The van der Waals surface area contributed by atoms with E-state index >= 15 is 0 Å². The summed E-state index contributed by atoms with van der Waals surface area (Å²) in [6.07, 6.45) is 4.78. The summed E-state index contributed by atoms with van der Waals surface area (Å²) in [5, 5.41) is 11.7. The van der Waals surface area contributed by atoms with E-state index in [1.165, 1.54) is 5.56 Å². The van der Waals surface area contributed by atoms with E-state index in [9.17, 15) is 0 Å². The highest BCUT2D eigenvalue weighted by atomic mass is 127. The molecule has 0 aliphatic rings. The molecule has 5 nitrogen and oxygen atoms in total. The average Bonchev–Trinajstić information content (AvgIpc) is 2.92. The monoisotopic (exact) mass is 475 g/mol. The number of nitrogens with zero attached hydrogens (tertiary/aromatic N) is 3. The third kappa shape index (κ3) is 7.64. The maximum atomic E-state index is 6.07. The van der Waals surface area contributed by atoms with E-state index in [1.54, 1.807) is 11.7 Å². The number of aliphatic imine (C=N–C) groups is 1. The zero-order valence-electron chi connectivity index (χ0n) is 15.2. The third-order valence-electron chi connectivity index (χ3n) is 3.75. The highest BCUT2D eigenvalue weighted by Crippen LogP contribution is 2.22. The van der Waals surface area contributed by atoms with Gasteiger partial charge in [-0.05, 0) is 29.5 Å². The van der Waals surface area contributed by atoms with Gasteiger partial charge < -0.3 is 10.6 Å². The Balaban J connectivity index is 0.00000312. The SMILES string of the molecule is CN=C(NCc1cnn(C)c1)NCC(C)(C)Cc1cccc(Cl)c1.I. The summed E-state index contributed by atoms with van der Waals surface area (Å²) in [4.78, 5) is 4.28. The van der Waals surface area contributed by atoms with Crippen LogP contribution in [0.3, 0.4) is 0 Å². The summed E-state index contributed by atoms with van der Waals surface area (Å²) in [6.45, 7) is 5.97. The fraction of sp³-hybridized carbons (Fsp3) is 0.444. The van der Waals surface area contributed by atoms with Crippen molar-refractivity contribution in [1.82, 2.24) is 20.4 Å². The van der Waals surface area contributed by atoms with Crippen LogP contribution in [0.25, 0.3) is 0 Å². The topological polar surface area (TPSA) is 54.2 Å². The summed E-state index contributed by atoms with van der Waals surface area (Å²) in [5.74, 6) is 0.790. The van der Waals surface area contributed by atoms with Gasteiger partial charge in [-0.2, -0.15) is 5.10 Å². The normalized spacial score (nSPS) is 11.8. The Hall–Kier alpha value is -1.28. The number of guanidine groups is 1. The Morgan fingerprint density at radius 3 is 2.64 bits per heavy atom. The molecule has 0 atom stereocenters. The fourth-order valence-corrected chi connectivity index (χ4v) is 2.77. The average molecular weight is 476 g/mol. The third-order valence-corrected chi connectivity index (χ3v) is 3.98. The lowest BCUT2D eigenvalue weighted by molar-refractivity contribution is 0.359. The first-order valence-electron chi connectivity index (χ1n) is 8.04. The summed E-state index contributed by atoms with van der Waals surface area (Å²) in [5.41, 5.74) is 2.45. The maximum absolute atomic E-state index is 6.07. The molecule has 1 aromatic carbocycles. The zero-order chi connectivity index (χ0) is 17.6. The van der Waals surface area contributed by atoms with Gasteiger partial charge in [0.2, 0.25) is 0 Å². The molecule has 0 fully saturated rings. The van der Waals surface area contributed by atoms with Crippen LogP contribution in [-0.2, 0) is 20.0 Å². The molecule has 138 valence electrons. The van der Waals surface area contributed by atoms with Gasteiger partial charge in [-0.15, -0.1) is 24.0 Å². The van der Waals surface area contributed by atoms with Crippen LogP contribution >= 0.6 is 35.6 Å². The second-order valence-corrected chi connectivity index (χ2v) is 7.21. The van der Waals surface area contributed by atoms with Crippen LogP contribution in [0.4, 0.5) is 0 Å². The minimum atomic E-state index is 0. The van der Waals surface area contributed by atoms with Crippen LogP contribution in [-0.4, -0.2) is 29.3 Å². The van der Waals surface area contributed by atoms with Crippen molar-refractivity contribution >= 4 is 41.5 Å². The summed E-state index contributed by atoms with van der Waals surface area (Å²) in [7, 11) is 3.69. The second-order valence-electron chi connectivity index (χ2n) is 6.77. The Morgan fingerprint density at radius 2 is 2.04 bits per heavy atom. The molecule has 7 heteroatoms. The Labute approximate surface area is 172 Å². The molecule has 0 spiro atoms. The van der Waals surface area contributed by atoms with Crippen molar-refractivity contribution in [2.75, 3.05) is 13.6 Å². The van der Waals surface area contributed by atoms with E-state index < -0.39 is 0 Å². The van der Waals surface area contributed by atoms with Crippen molar-refractivity contribution in [3.63, 3.8) is 0 Å². The van der Waals surface area contributed by atoms with E-state index in [0.717, 1.165) is 29.5 Å². The first-order valence-corrected chi connectivity index (χ1v) is 8.42. The molecule has 1 heterocycles. The molecule has 1 aromatic heterocycles. The van der Waals surface area contributed by atoms with Crippen molar-refractivity contribution in [3.05, 3.63) is 52.8 Å². The number of benzene rings is 1. The number of aromatic nitrogens is 2. The van der Waals surface area contributed by atoms with E-state index in [4.69, 9.17) is 11.6 Å². The molecule has 0 unspecified atom stereocenters. The molecule has 0 saturated carbocycles. The molecule has 0 bridgehead atoms. The maximum Gasteiger partial charge on any atom is 0.191 e. The van der Waals surface area contributed by atoms with Crippen molar-refractivity contribution in [2.24, 2.45) is 17.5 Å². The summed E-state index contributed by atoms with van der Waals surface area (Å²) >= 11 is 6.07. The molecular weight excluding hydrogens is 449 g/mol. The molecule has 0 amide bonds. The van der Waals surface area contributed by atoms with Gasteiger partial charge in [0.1, 0.15) is 0 Å². The first kappa shape index (κ1) is 21.8. The van der Waals surface area contributed by atoms with Gasteiger partial charge in [0.25, 0.3) is 0 Å². The molecule has 25 heavy (non-hydrogen) atoms. The van der Waals surface area contributed by atoms with Gasteiger partial charge in [0.05, 0.1) is 6.20 Å². The number of hydrogen-bond donors (Lipinski definition) is 2. The summed E-state index contributed by atoms with van der Waals surface area (Å²) < 4.78 is 1.79. The van der Waals surface area contributed by atoms with Crippen LogP contribution in [0.2, 0.25) is 5.02 Å². The molecule has 2 aromatic rings. The largest absolute Gasteiger partial charge is 0.356 e. The van der Waals surface area contributed by atoms with Crippen LogP contribution < -0.4 is 10.6 Å². The Kier molecular flexibility index (Phi) is 8.71. The van der Waals surface area contributed by atoms with Crippen LogP contribution in [0.15, 0.2) is 41.7 Å². The van der Waals surface area contributed by atoms with E-state index in [-0.39, 0.29) is 29.4 Å². The van der Waals surface area contributed by atoms with E-state index in [1.807, 2.05) is 37.6 Å². The van der Waals surface area contributed by atoms with E-state index in [0.29, 0.717) is 6.54 Å². The quantitative estimate of drug-likeness (QED) is 0.381. The number of aryl methyl sites for hydroxylation is 1. The molecule has 0 aliphatic carbocycles. The van der Waals surface area contributed by atoms with Gasteiger partial charge in [-0.3, -0.25) is 9.67 Å². The van der Waals surface area contributed by atoms with Crippen LogP contribution in [0, 0.1) is 5.41 Å². The molecule has 0 radical (unpaired) electrons. The molecule has 0 saturated heterocycles. The molecule has 2 N–H and O–H groups in total. The van der Waals surface area contributed by atoms with Crippen molar-refractivity contribution in [2.45, 2.75) is 26.8 Å². The number of hydrogen-bond acceptors (Lipinski definition) is 2. The smallest absolute Gasteiger partial charge is 0.191 e. The van der Waals surface area contributed by atoms with Gasteiger partial charge in [0.15, 0.2) is 5.96 Å². The van der Waals surface area contributed by atoms with Gasteiger partial charge >= 0.3 is 0 Å². The minimum Gasteiger partial charge on any atom is -0.356 e. The Morgan fingerprint density at radius 1 is 1.28 bits per heavy atom. The zero-order valence-corrected chi connectivity index (χ0v) is 18.3. The predicted octanol–water partition coefficient (Wildman–Crippen LogP) is 3.63. The number of rotatable bonds is 6. The summed E-state index contributed by atoms with van der Waals surface area (Å²) in [6, 6.07) is 8.04.